The van der Waals surface area contributed by atoms with Crippen molar-refractivity contribution in [2.45, 2.75) is 31.5 Å². The van der Waals surface area contributed by atoms with E-state index < -0.39 is 6.09 Å². The fraction of sp³-hybridized carbons (Fsp3) is 0.462. The maximum Gasteiger partial charge on any atom is 0.415 e. The van der Waals surface area contributed by atoms with Crippen LogP contribution >= 0.6 is 0 Å². The van der Waals surface area contributed by atoms with Crippen LogP contribution in [0.4, 0.5) is 16.4 Å². The number of amides is 2. The Balaban J connectivity index is 0.984. The Morgan fingerprint density at radius 1 is 1.22 bits per heavy atom. The number of benzene rings is 1. The van der Waals surface area contributed by atoms with Gasteiger partial charge in [0.2, 0.25) is 0 Å². The Morgan fingerprint density at radius 2 is 2.11 bits per heavy atom. The molecule has 11 nitrogen and oxygen atoms in total. The number of rotatable bonds is 8. The van der Waals surface area contributed by atoms with Crippen LogP contribution in [0.1, 0.15) is 23.1 Å². The van der Waals surface area contributed by atoms with Crippen molar-refractivity contribution in [1.82, 2.24) is 10.3 Å². The number of aromatic nitrogens is 1. The van der Waals surface area contributed by atoms with Gasteiger partial charge in [-0.2, -0.15) is 5.26 Å². The number of hydrogen-bond acceptors (Lipinski definition) is 9. The first-order valence-electron chi connectivity index (χ1n) is 12.5. The molecule has 2 N–H and O–H groups in total. The molecule has 37 heavy (non-hydrogen) atoms. The zero-order valence-electron chi connectivity index (χ0n) is 20.2. The minimum atomic E-state index is -0.456. The predicted octanol–water partition coefficient (Wildman–Crippen LogP) is 1.78. The van der Waals surface area contributed by atoms with Crippen LogP contribution in [-0.2, 0) is 27.1 Å². The first-order valence-corrected chi connectivity index (χ1v) is 12.5. The lowest BCUT2D eigenvalue weighted by molar-refractivity contribution is -0.118. The third-order valence-electron chi connectivity index (χ3n) is 7.07. The van der Waals surface area contributed by atoms with Gasteiger partial charge in [-0.25, -0.2) is 9.78 Å². The molecule has 0 radical (unpaired) electrons. The van der Waals surface area contributed by atoms with E-state index in [0.29, 0.717) is 67.3 Å². The summed E-state index contributed by atoms with van der Waals surface area (Å²) in [6.45, 7) is 2.98. The van der Waals surface area contributed by atoms with Crippen molar-refractivity contribution >= 4 is 23.6 Å². The molecule has 4 aliphatic rings. The standard InChI is InChI=1S/C26H27N5O6/c27-9-20-19-8-15(7-16(19)1-2-21(20)36-18-12-34-13-18)10-28-6-5-17-11-31(26(33)37-17)23-4-3-22-25(29-23)30-24(32)14-35-22/h1-4,15,17-18,28H,5-8,10-14H2,(H,29,30,32). The molecule has 0 bridgehead atoms. The molecule has 0 spiro atoms. The quantitative estimate of drug-likeness (QED) is 0.515. The minimum absolute atomic E-state index is 0.0301. The Hall–Kier alpha value is -3.88. The summed E-state index contributed by atoms with van der Waals surface area (Å²) in [5.41, 5.74) is 2.94. The molecule has 2 saturated heterocycles. The summed E-state index contributed by atoms with van der Waals surface area (Å²) < 4.78 is 22.0. The molecular formula is C26H27N5O6. The van der Waals surface area contributed by atoms with Gasteiger partial charge in [0.1, 0.15) is 29.8 Å². The highest BCUT2D eigenvalue weighted by Crippen LogP contribution is 2.35. The Bertz CT molecular complexity index is 1270. The molecule has 6 rings (SSSR count). The van der Waals surface area contributed by atoms with Crippen LogP contribution in [0.2, 0.25) is 0 Å². The molecule has 0 saturated carbocycles. The van der Waals surface area contributed by atoms with E-state index in [2.05, 4.69) is 27.8 Å². The molecule has 192 valence electrons. The van der Waals surface area contributed by atoms with Gasteiger partial charge in [-0.15, -0.1) is 0 Å². The number of pyridine rings is 1. The highest BCUT2D eigenvalue weighted by Gasteiger charge is 2.34. The summed E-state index contributed by atoms with van der Waals surface area (Å²) in [5.74, 6) is 1.96. The Kier molecular flexibility index (Phi) is 6.28. The van der Waals surface area contributed by atoms with E-state index in [1.54, 1.807) is 12.1 Å². The van der Waals surface area contributed by atoms with Crippen LogP contribution in [0.25, 0.3) is 0 Å². The van der Waals surface area contributed by atoms with Crippen molar-refractivity contribution in [3.05, 3.63) is 41.0 Å². The van der Waals surface area contributed by atoms with Crippen LogP contribution in [0.5, 0.6) is 11.5 Å². The van der Waals surface area contributed by atoms with Gasteiger partial charge < -0.3 is 29.6 Å². The van der Waals surface area contributed by atoms with Crippen molar-refractivity contribution in [2.24, 2.45) is 5.92 Å². The summed E-state index contributed by atoms with van der Waals surface area (Å²) in [6, 6.07) is 9.69. The summed E-state index contributed by atoms with van der Waals surface area (Å²) in [4.78, 5) is 29.8. The highest BCUT2D eigenvalue weighted by atomic mass is 16.6. The van der Waals surface area contributed by atoms with Gasteiger partial charge in [0.25, 0.3) is 5.91 Å². The number of anilines is 2. The molecule has 1 aromatic carbocycles. The minimum Gasteiger partial charge on any atom is -0.484 e. The van der Waals surface area contributed by atoms with Crippen molar-refractivity contribution in [3.63, 3.8) is 0 Å². The third kappa shape index (κ3) is 4.77. The Morgan fingerprint density at radius 3 is 2.92 bits per heavy atom. The molecular weight excluding hydrogens is 478 g/mol. The van der Waals surface area contributed by atoms with Crippen LogP contribution in [0.3, 0.4) is 0 Å². The van der Waals surface area contributed by atoms with E-state index in [1.165, 1.54) is 10.5 Å². The van der Waals surface area contributed by atoms with Crippen molar-refractivity contribution < 1.29 is 28.5 Å². The van der Waals surface area contributed by atoms with E-state index in [9.17, 15) is 14.9 Å². The summed E-state index contributed by atoms with van der Waals surface area (Å²) in [6.07, 6.45) is 1.73. The zero-order chi connectivity index (χ0) is 25.4. The summed E-state index contributed by atoms with van der Waals surface area (Å²) in [7, 11) is 0. The van der Waals surface area contributed by atoms with Gasteiger partial charge in [0, 0.05) is 0 Å². The normalized spacial score (nSPS) is 22.3. The van der Waals surface area contributed by atoms with E-state index in [4.69, 9.17) is 18.9 Å². The van der Waals surface area contributed by atoms with Crippen LogP contribution in [-0.4, -0.2) is 68.6 Å². The van der Waals surface area contributed by atoms with E-state index >= 15 is 0 Å². The predicted molar refractivity (Wildman–Crippen MR) is 131 cm³/mol. The number of ether oxygens (including phenoxy) is 4. The first-order chi connectivity index (χ1) is 18.1. The van der Waals surface area contributed by atoms with Crippen molar-refractivity contribution in [1.29, 1.82) is 5.26 Å². The maximum atomic E-state index is 12.4. The van der Waals surface area contributed by atoms with Crippen molar-refractivity contribution in [2.75, 3.05) is 49.7 Å². The lowest BCUT2D eigenvalue weighted by Crippen LogP contribution is -2.38. The van der Waals surface area contributed by atoms with Crippen LogP contribution in [0, 0.1) is 17.2 Å². The van der Waals surface area contributed by atoms with E-state index in [-0.39, 0.29) is 24.7 Å². The number of nitriles is 1. The van der Waals surface area contributed by atoms with Crippen LogP contribution < -0.4 is 25.0 Å². The maximum absolute atomic E-state index is 12.4. The topological polar surface area (TPSA) is 135 Å². The fourth-order valence-electron chi connectivity index (χ4n) is 5.12. The second kappa shape index (κ2) is 9.88. The molecule has 2 amide bonds. The largest absolute Gasteiger partial charge is 0.484 e. The van der Waals surface area contributed by atoms with Gasteiger partial charge in [-0.3, -0.25) is 9.69 Å². The molecule has 2 atom stereocenters. The lowest BCUT2D eigenvalue weighted by Gasteiger charge is -2.27. The van der Waals surface area contributed by atoms with Gasteiger partial charge in [0.15, 0.2) is 18.2 Å². The molecule has 1 aliphatic carbocycles. The monoisotopic (exact) mass is 505 g/mol. The Labute approximate surface area is 213 Å². The average Bonchev–Trinajstić information content (AvgIpc) is 3.46. The van der Waals surface area contributed by atoms with Gasteiger partial charge in [-0.1, -0.05) is 6.07 Å². The summed E-state index contributed by atoms with van der Waals surface area (Å²) >= 11 is 0. The number of nitrogens with zero attached hydrogens (tertiary/aromatic N) is 3. The molecule has 2 unspecified atom stereocenters. The van der Waals surface area contributed by atoms with Gasteiger partial charge >= 0.3 is 6.09 Å². The highest BCUT2D eigenvalue weighted by molar-refractivity contribution is 5.95. The molecule has 3 aliphatic heterocycles. The average molecular weight is 506 g/mol. The first kappa shape index (κ1) is 23.5. The van der Waals surface area contributed by atoms with Crippen LogP contribution in [0.15, 0.2) is 24.3 Å². The number of hydrogen-bond donors (Lipinski definition) is 2. The molecule has 4 heterocycles. The number of nitrogens with one attached hydrogen (secondary N) is 2. The zero-order valence-corrected chi connectivity index (χ0v) is 20.2. The third-order valence-corrected chi connectivity index (χ3v) is 7.07. The SMILES string of the molecule is N#Cc1c(OC2COC2)ccc2c1CC(CNCCC1CN(c3ccc4c(n3)NC(=O)CO4)C(=O)O1)C2. The van der Waals surface area contributed by atoms with Crippen molar-refractivity contribution in [3.8, 4) is 17.6 Å². The lowest BCUT2D eigenvalue weighted by atomic mass is 10.0. The van der Waals surface area contributed by atoms with E-state index in [0.717, 1.165) is 24.9 Å². The number of carbonyl (C=O) groups is 2. The molecule has 2 aromatic rings. The summed E-state index contributed by atoms with van der Waals surface area (Å²) in [5, 5.41) is 15.9. The molecule has 2 fully saturated rings. The molecule has 1 aromatic heterocycles. The molecule has 11 heteroatoms. The number of cyclic esters (lactones) is 1. The number of carbonyl (C=O) groups excluding carboxylic acids is 2. The fourth-order valence-corrected chi connectivity index (χ4v) is 5.12. The second-order valence-electron chi connectivity index (χ2n) is 9.70. The second-order valence-corrected chi connectivity index (χ2v) is 9.70. The smallest absolute Gasteiger partial charge is 0.415 e. The van der Waals surface area contributed by atoms with Gasteiger partial charge in [-0.05, 0) is 67.6 Å². The van der Waals surface area contributed by atoms with E-state index in [1.807, 2.05) is 6.07 Å². The van der Waals surface area contributed by atoms with Gasteiger partial charge in [0.05, 0.1) is 25.3 Å². The number of fused-ring (bicyclic) bond motifs is 2.